The molecule has 4 heterocycles. The highest BCUT2D eigenvalue weighted by Gasteiger charge is 2.31. The average molecular weight is 462 g/mol. The molecule has 8 nitrogen and oxygen atoms in total. The molecule has 0 saturated carbocycles. The van der Waals surface area contributed by atoms with E-state index in [1.165, 1.54) is 16.2 Å². The van der Waals surface area contributed by atoms with Crippen LogP contribution in [0.1, 0.15) is 35.0 Å². The molecule has 3 aromatic heterocycles. The van der Waals surface area contributed by atoms with Crippen LogP contribution in [-0.2, 0) is 28.9 Å². The zero-order valence-corrected chi connectivity index (χ0v) is 19.0. The number of anilines is 2. The van der Waals surface area contributed by atoms with Gasteiger partial charge in [-0.1, -0.05) is 19.1 Å². The van der Waals surface area contributed by atoms with Crippen LogP contribution in [-0.4, -0.2) is 40.0 Å². The Hall–Kier alpha value is -3.77. The number of hydrogen-bond donors (Lipinski definition) is 0. The van der Waals surface area contributed by atoms with Crippen LogP contribution >= 0.6 is 11.3 Å². The van der Waals surface area contributed by atoms with Crippen molar-refractivity contribution < 1.29 is 14.3 Å². The van der Waals surface area contributed by atoms with Crippen LogP contribution in [0.4, 0.5) is 15.6 Å². The van der Waals surface area contributed by atoms with Gasteiger partial charge in [-0.15, -0.1) is 11.3 Å². The number of amides is 2. The SMILES string of the molecule is CCC(=O)N(c1ccccn1)c1sc2c(c1C#N)CCN(C(=O)OCCc1ccccn1)C2. The molecule has 33 heavy (non-hydrogen) atoms. The Labute approximate surface area is 196 Å². The fraction of sp³-hybridized carbons (Fsp3) is 0.292. The number of hydrogen-bond acceptors (Lipinski definition) is 7. The maximum Gasteiger partial charge on any atom is 0.410 e. The first-order chi connectivity index (χ1) is 16.1. The molecule has 0 saturated heterocycles. The summed E-state index contributed by atoms with van der Waals surface area (Å²) in [5.41, 5.74) is 2.23. The Morgan fingerprint density at radius 3 is 2.67 bits per heavy atom. The molecule has 0 bridgehead atoms. The summed E-state index contributed by atoms with van der Waals surface area (Å²) in [7, 11) is 0. The van der Waals surface area contributed by atoms with Gasteiger partial charge in [-0.25, -0.2) is 9.78 Å². The van der Waals surface area contributed by atoms with Crippen LogP contribution in [0.5, 0.6) is 0 Å². The van der Waals surface area contributed by atoms with E-state index >= 15 is 0 Å². The van der Waals surface area contributed by atoms with Gasteiger partial charge in [0, 0.05) is 42.4 Å². The number of carbonyl (C=O) groups is 2. The first-order valence-electron chi connectivity index (χ1n) is 10.7. The molecule has 0 N–H and O–H groups in total. The molecule has 0 radical (unpaired) electrons. The Bertz CT molecular complexity index is 1170. The summed E-state index contributed by atoms with van der Waals surface area (Å²) in [6.45, 7) is 2.82. The van der Waals surface area contributed by atoms with Gasteiger partial charge in [0.2, 0.25) is 5.91 Å². The van der Waals surface area contributed by atoms with E-state index in [0.29, 0.717) is 42.3 Å². The molecule has 0 atom stereocenters. The van der Waals surface area contributed by atoms with Gasteiger partial charge in [0.05, 0.1) is 18.7 Å². The topological polar surface area (TPSA) is 99.4 Å². The highest BCUT2D eigenvalue weighted by atomic mass is 32.1. The van der Waals surface area contributed by atoms with Crippen LogP contribution in [0.15, 0.2) is 48.8 Å². The summed E-state index contributed by atoms with van der Waals surface area (Å²) in [6, 6.07) is 13.2. The number of aromatic nitrogens is 2. The van der Waals surface area contributed by atoms with Gasteiger partial charge in [0.15, 0.2) is 0 Å². The predicted octanol–water partition coefficient (Wildman–Crippen LogP) is 4.22. The highest BCUT2D eigenvalue weighted by molar-refractivity contribution is 7.16. The minimum atomic E-state index is -0.392. The second-order valence-corrected chi connectivity index (χ2v) is 8.51. The van der Waals surface area contributed by atoms with Gasteiger partial charge in [-0.05, 0) is 36.2 Å². The molecular formula is C24H23N5O3S. The molecule has 0 unspecified atom stereocenters. The number of ether oxygens (including phenoxy) is 1. The standard InChI is InChI=1S/C24H23N5O3S/c1-2-22(30)29(21-8-4-6-12-27-21)23-19(15-25)18-9-13-28(16-20(18)33-23)24(31)32-14-10-17-7-3-5-11-26-17/h3-8,11-12H,2,9-10,13-14,16H2,1H3. The quantitative estimate of drug-likeness (QED) is 0.545. The van der Waals surface area contributed by atoms with Crippen molar-refractivity contribution in [2.45, 2.75) is 32.7 Å². The van der Waals surface area contributed by atoms with Gasteiger partial charge in [-0.2, -0.15) is 5.26 Å². The molecule has 1 aliphatic rings. The molecule has 1 aliphatic heterocycles. The van der Waals surface area contributed by atoms with E-state index < -0.39 is 6.09 Å². The van der Waals surface area contributed by atoms with Gasteiger partial charge in [0.1, 0.15) is 16.9 Å². The third-order valence-electron chi connectivity index (χ3n) is 5.35. The molecule has 0 spiro atoms. The van der Waals surface area contributed by atoms with Crippen molar-refractivity contribution in [1.82, 2.24) is 14.9 Å². The smallest absolute Gasteiger partial charge is 0.410 e. The zero-order valence-electron chi connectivity index (χ0n) is 18.2. The van der Waals surface area contributed by atoms with Gasteiger partial charge in [-0.3, -0.25) is 14.7 Å². The van der Waals surface area contributed by atoms with Crippen LogP contribution in [0.3, 0.4) is 0 Å². The monoisotopic (exact) mass is 461 g/mol. The van der Waals surface area contributed by atoms with Gasteiger partial charge >= 0.3 is 6.09 Å². The molecule has 3 aromatic rings. The van der Waals surface area contributed by atoms with E-state index in [2.05, 4.69) is 16.0 Å². The Morgan fingerprint density at radius 1 is 1.21 bits per heavy atom. The molecule has 0 aromatic carbocycles. The second kappa shape index (κ2) is 10.2. The van der Waals surface area contributed by atoms with Crippen molar-refractivity contribution in [3.63, 3.8) is 0 Å². The molecule has 0 fully saturated rings. The number of nitriles is 1. The Balaban J connectivity index is 1.52. The molecule has 168 valence electrons. The second-order valence-electron chi connectivity index (χ2n) is 7.42. The summed E-state index contributed by atoms with van der Waals surface area (Å²) in [5.74, 6) is 0.333. The van der Waals surface area contributed by atoms with Gasteiger partial charge < -0.3 is 9.64 Å². The summed E-state index contributed by atoms with van der Waals surface area (Å²) in [6.07, 6.45) is 4.29. The maximum absolute atomic E-state index is 12.8. The van der Waals surface area contributed by atoms with Crippen LogP contribution in [0.2, 0.25) is 0 Å². The van der Waals surface area contributed by atoms with Crippen LogP contribution in [0.25, 0.3) is 0 Å². The summed E-state index contributed by atoms with van der Waals surface area (Å²) >= 11 is 1.36. The minimum Gasteiger partial charge on any atom is -0.449 e. The molecular weight excluding hydrogens is 438 g/mol. The Morgan fingerprint density at radius 2 is 2.00 bits per heavy atom. The maximum atomic E-state index is 12.8. The van der Waals surface area contributed by atoms with E-state index in [9.17, 15) is 14.9 Å². The van der Waals surface area contributed by atoms with Crippen molar-refractivity contribution in [2.75, 3.05) is 18.1 Å². The summed E-state index contributed by atoms with van der Waals surface area (Å²) in [5, 5.41) is 10.5. The van der Waals surface area contributed by atoms with Crippen molar-refractivity contribution in [3.05, 3.63) is 70.5 Å². The van der Waals surface area contributed by atoms with Crippen molar-refractivity contribution in [1.29, 1.82) is 5.26 Å². The lowest BCUT2D eigenvalue weighted by Crippen LogP contribution is -2.36. The number of nitrogens with zero attached hydrogens (tertiary/aromatic N) is 5. The first kappa shape index (κ1) is 22.4. The number of carbonyl (C=O) groups excluding carboxylic acids is 2. The summed E-state index contributed by atoms with van der Waals surface area (Å²) in [4.78, 5) is 38.0. The van der Waals surface area contributed by atoms with E-state index in [1.54, 1.807) is 42.4 Å². The predicted molar refractivity (Wildman–Crippen MR) is 124 cm³/mol. The number of fused-ring (bicyclic) bond motifs is 1. The lowest BCUT2D eigenvalue weighted by atomic mass is 10.0. The fourth-order valence-electron chi connectivity index (χ4n) is 3.69. The lowest BCUT2D eigenvalue weighted by Gasteiger charge is -2.26. The number of rotatable bonds is 6. The third kappa shape index (κ3) is 4.86. The first-order valence-corrected chi connectivity index (χ1v) is 11.5. The number of pyridine rings is 2. The third-order valence-corrected chi connectivity index (χ3v) is 6.55. The van der Waals surface area contributed by atoms with Crippen molar-refractivity contribution in [2.24, 2.45) is 0 Å². The molecule has 0 aliphatic carbocycles. The number of thiophene rings is 1. The average Bonchev–Trinajstić information content (AvgIpc) is 3.22. The summed E-state index contributed by atoms with van der Waals surface area (Å²) < 4.78 is 5.45. The largest absolute Gasteiger partial charge is 0.449 e. The lowest BCUT2D eigenvalue weighted by molar-refractivity contribution is -0.117. The Kier molecular flexibility index (Phi) is 6.95. The van der Waals surface area contributed by atoms with E-state index in [4.69, 9.17) is 4.74 Å². The van der Waals surface area contributed by atoms with E-state index in [-0.39, 0.29) is 18.9 Å². The van der Waals surface area contributed by atoms with E-state index in [0.717, 1.165) is 16.1 Å². The molecule has 4 rings (SSSR count). The highest BCUT2D eigenvalue weighted by Crippen LogP contribution is 2.41. The van der Waals surface area contributed by atoms with Crippen LogP contribution < -0.4 is 4.90 Å². The fourth-order valence-corrected chi connectivity index (χ4v) is 5.03. The van der Waals surface area contributed by atoms with Gasteiger partial charge in [0.25, 0.3) is 0 Å². The normalized spacial score (nSPS) is 12.5. The van der Waals surface area contributed by atoms with Crippen molar-refractivity contribution >= 4 is 34.2 Å². The molecule has 9 heteroatoms. The molecule has 2 amide bonds. The minimum absolute atomic E-state index is 0.144. The van der Waals surface area contributed by atoms with E-state index in [1.807, 2.05) is 18.2 Å². The van der Waals surface area contributed by atoms with Crippen molar-refractivity contribution in [3.8, 4) is 6.07 Å². The van der Waals surface area contributed by atoms with Crippen LogP contribution in [0, 0.1) is 11.3 Å². The zero-order chi connectivity index (χ0) is 23.2.